The number of alkyl halides is 3. The minimum Gasteiger partial charge on any atom is -0.366 e. The van der Waals surface area contributed by atoms with Gasteiger partial charge < -0.3 is 11.1 Å². The second-order valence-corrected chi connectivity index (χ2v) is 7.60. The average molecular weight is 489 g/mol. The van der Waals surface area contributed by atoms with Gasteiger partial charge in [0, 0.05) is 5.39 Å². The number of fused-ring (bicyclic) bond motifs is 1. The van der Waals surface area contributed by atoms with Crippen molar-refractivity contribution in [1.29, 1.82) is 0 Å². The number of pyridine rings is 1. The molecule has 4 rings (SSSR count). The van der Waals surface area contributed by atoms with Gasteiger partial charge in [0.2, 0.25) is 5.91 Å². The average Bonchev–Trinajstić information content (AvgIpc) is 3.10. The fraction of sp³-hybridized carbons (Fsp3) is 0.130. The van der Waals surface area contributed by atoms with E-state index < -0.39 is 41.0 Å². The number of amides is 2. The number of hydrogen-bond acceptors (Lipinski definition) is 4. The number of anilines is 1. The van der Waals surface area contributed by atoms with Crippen LogP contribution < -0.4 is 11.1 Å². The van der Waals surface area contributed by atoms with E-state index in [-0.39, 0.29) is 34.6 Å². The van der Waals surface area contributed by atoms with Crippen LogP contribution in [0.1, 0.15) is 37.8 Å². The van der Waals surface area contributed by atoms with E-state index in [1.54, 1.807) is 18.2 Å². The smallest absolute Gasteiger partial charge is 0.366 e. The van der Waals surface area contributed by atoms with E-state index in [9.17, 15) is 31.5 Å². The van der Waals surface area contributed by atoms with Crippen LogP contribution in [0, 0.1) is 18.6 Å². The molecule has 0 atom stereocenters. The molecule has 2 amide bonds. The molecule has 0 saturated carbocycles. The van der Waals surface area contributed by atoms with Gasteiger partial charge in [0.05, 0.1) is 29.0 Å². The van der Waals surface area contributed by atoms with Crippen LogP contribution in [0.25, 0.3) is 10.9 Å². The Morgan fingerprint density at radius 3 is 2.43 bits per heavy atom. The lowest BCUT2D eigenvalue weighted by atomic mass is 10.1. The Morgan fingerprint density at radius 1 is 1.06 bits per heavy atom. The van der Waals surface area contributed by atoms with Crippen molar-refractivity contribution >= 4 is 28.4 Å². The molecule has 12 heteroatoms. The summed E-state index contributed by atoms with van der Waals surface area (Å²) in [6.07, 6.45) is -4.94. The maximum atomic E-state index is 13.7. The number of aromatic nitrogens is 3. The first-order chi connectivity index (χ1) is 16.5. The van der Waals surface area contributed by atoms with Gasteiger partial charge >= 0.3 is 6.18 Å². The van der Waals surface area contributed by atoms with Gasteiger partial charge in [-0.15, -0.1) is 0 Å². The van der Waals surface area contributed by atoms with Gasteiger partial charge in [0.1, 0.15) is 5.69 Å². The van der Waals surface area contributed by atoms with Crippen molar-refractivity contribution in [2.24, 2.45) is 5.73 Å². The molecule has 0 radical (unpaired) electrons. The van der Waals surface area contributed by atoms with Crippen LogP contribution in [0.5, 0.6) is 0 Å². The molecule has 0 aliphatic carbocycles. The normalized spacial score (nSPS) is 11.6. The lowest BCUT2D eigenvalue weighted by Crippen LogP contribution is -2.19. The zero-order valence-corrected chi connectivity index (χ0v) is 18.0. The molecule has 180 valence electrons. The zero-order valence-electron chi connectivity index (χ0n) is 18.0. The van der Waals surface area contributed by atoms with Crippen molar-refractivity contribution in [1.82, 2.24) is 14.8 Å². The quantitative estimate of drug-likeness (QED) is 0.405. The zero-order chi connectivity index (χ0) is 25.5. The minimum atomic E-state index is -4.94. The molecule has 0 spiro atoms. The molecule has 35 heavy (non-hydrogen) atoms. The molecular formula is C23H16F5N5O2. The van der Waals surface area contributed by atoms with Crippen LogP contribution in [0.2, 0.25) is 0 Å². The molecule has 2 heterocycles. The summed E-state index contributed by atoms with van der Waals surface area (Å²) in [7, 11) is 0. The molecular weight excluding hydrogens is 473 g/mol. The standard InChI is InChI=1S/C23H16F5N5O2/c1-11-19(20(23(26,27)28)32-33(11)10-12-6-7-15(24)16(25)8-12)31-22(35)18-9-14(21(29)34)13-4-2-3-5-17(13)30-18/h2-9H,10H2,1H3,(H2,29,34)(H,31,35). The Labute approximate surface area is 194 Å². The van der Waals surface area contributed by atoms with E-state index in [4.69, 9.17) is 5.73 Å². The van der Waals surface area contributed by atoms with Gasteiger partial charge in [0.25, 0.3) is 5.91 Å². The van der Waals surface area contributed by atoms with Crippen molar-refractivity contribution in [3.05, 3.63) is 88.4 Å². The number of nitrogens with zero attached hydrogens (tertiary/aromatic N) is 3. The summed E-state index contributed by atoms with van der Waals surface area (Å²) in [6.45, 7) is 0.961. The van der Waals surface area contributed by atoms with Crippen LogP contribution in [0.3, 0.4) is 0 Å². The Kier molecular flexibility index (Phi) is 5.97. The van der Waals surface area contributed by atoms with E-state index in [2.05, 4.69) is 15.4 Å². The number of benzene rings is 2. The first-order valence-electron chi connectivity index (χ1n) is 10.0. The molecule has 0 unspecified atom stereocenters. The number of para-hydroxylation sites is 1. The number of hydrogen-bond donors (Lipinski definition) is 2. The monoisotopic (exact) mass is 489 g/mol. The molecule has 7 nitrogen and oxygen atoms in total. The van der Waals surface area contributed by atoms with Gasteiger partial charge in [-0.3, -0.25) is 14.3 Å². The van der Waals surface area contributed by atoms with E-state index in [0.29, 0.717) is 5.39 Å². The molecule has 0 aliphatic rings. The predicted octanol–water partition coefficient (Wildman–Crippen LogP) is 4.44. The highest BCUT2D eigenvalue weighted by atomic mass is 19.4. The third-order valence-corrected chi connectivity index (χ3v) is 5.24. The Morgan fingerprint density at radius 2 is 1.77 bits per heavy atom. The number of primary amides is 1. The number of halogens is 5. The summed E-state index contributed by atoms with van der Waals surface area (Å²) < 4.78 is 68.8. The third kappa shape index (κ3) is 4.67. The second-order valence-electron chi connectivity index (χ2n) is 7.60. The van der Waals surface area contributed by atoms with Crippen LogP contribution >= 0.6 is 0 Å². The summed E-state index contributed by atoms with van der Waals surface area (Å²) >= 11 is 0. The SMILES string of the molecule is Cc1c(NC(=O)c2cc(C(N)=O)c3ccccc3n2)c(C(F)(F)F)nn1Cc1ccc(F)c(F)c1. The molecule has 3 N–H and O–H groups in total. The van der Waals surface area contributed by atoms with E-state index in [1.165, 1.54) is 19.1 Å². The Balaban J connectivity index is 1.73. The molecule has 0 aliphatic heterocycles. The summed E-state index contributed by atoms with van der Waals surface area (Å²) in [6, 6.07) is 10.3. The molecule has 0 fully saturated rings. The van der Waals surface area contributed by atoms with Crippen molar-refractivity contribution in [2.75, 3.05) is 5.32 Å². The van der Waals surface area contributed by atoms with Gasteiger partial charge in [-0.1, -0.05) is 24.3 Å². The van der Waals surface area contributed by atoms with Crippen molar-refractivity contribution in [3.63, 3.8) is 0 Å². The van der Waals surface area contributed by atoms with Crippen molar-refractivity contribution in [3.8, 4) is 0 Å². The fourth-order valence-corrected chi connectivity index (χ4v) is 3.53. The summed E-state index contributed by atoms with van der Waals surface area (Å²) in [5, 5.41) is 6.08. The van der Waals surface area contributed by atoms with Gasteiger partial charge in [-0.05, 0) is 36.8 Å². The lowest BCUT2D eigenvalue weighted by Gasteiger charge is -2.10. The first-order valence-corrected chi connectivity index (χ1v) is 10.0. The summed E-state index contributed by atoms with van der Waals surface area (Å²) in [4.78, 5) is 28.9. The van der Waals surface area contributed by atoms with Crippen molar-refractivity contribution in [2.45, 2.75) is 19.6 Å². The Hall–Kier alpha value is -4.35. The number of nitrogens with one attached hydrogen (secondary N) is 1. The van der Waals surface area contributed by atoms with Crippen LogP contribution in [0.15, 0.2) is 48.5 Å². The van der Waals surface area contributed by atoms with Gasteiger partial charge in [-0.2, -0.15) is 18.3 Å². The van der Waals surface area contributed by atoms with Crippen molar-refractivity contribution < 1.29 is 31.5 Å². The highest BCUT2D eigenvalue weighted by Gasteiger charge is 2.39. The summed E-state index contributed by atoms with van der Waals surface area (Å²) in [5.74, 6) is -4.14. The number of nitrogens with two attached hydrogens (primary N) is 1. The van der Waals surface area contributed by atoms with Gasteiger partial charge in [-0.25, -0.2) is 13.8 Å². The fourth-order valence-electron chi connectivity index (χ4n) is 3.53. The molecule has 2 aromatic heterocycles. The van der Waals surface area contributed by atoms with Crippen LogP contribution in [-0.4, -0.2) is 26.6 Å². The van der Waals surface area contributed by atoms with Gasteiger partial charge in [0.15, 0.2) is 17.3 Å². The highest BCUT2D eigenvalue weighted by molar-refractivity contribution is 6.10. The third-order valence-electron chi connectivity index (χ3n) is 5.24. The van der Waals surface area contributed by atoms with E-state index in [0.717, 1.165) is 22.9 Å². The number of carbonyl (C=O) groups is 2. The van der Waals surface area contributed by atoms with Crippen LogP contribution in [-0.2, 0) is 12.7 Å². The van der Waals surface area contributed by atoms with Crippen LogP contribution in [0.4, 0.5) is 27.6 Å². The Bertz CT molecular complexity index is 1480. The van der Waals surface area contributed by atoms with E-state index in [1.807, 2.05) is 0 Å². The first kappa shape index (κ1) is 23.8. The number of rotatable bonds is 5. The molecule has 4 aromatic rings. The second kappa shape index (κ2) is 8.78. The summed E-state index contributed by atoms with van der Waals surface area (Å²) in [5.41, 5.74) is 3.32. The maximum absolute atomic E-state index is 13.7. The lowest BCUT2D eigenvalue weighted by molar-refractivity contribution is -0.140. The topological polar surface area (TPSA) is 103 Å². The largest absolute Gasteiger partial charge is 0.437 e. The molecule has 0 bridgehead atoms. The maximum Gasteiger partial charge on any atom is 0.437 e. The number of carbonyl (C=O) groups excluding carboxylic acids is 2. The molecule has 0 saturated heterocycles. The highest BCUT2D eigenvalue weighted by Crippen LogP contribution is 2.36. The molecule has 2 aromatic carbocycles. The van der Waals surface area contributed by atoms with E-state index >= 15 is 0 Å². The minimum absolute atomic E-state index is 0.0254. The predicted molar refractivity (Wildman–Crippen MR) is 116 cm³/mol.